The molecule has 1 aliphatic rings. The van der Waals surface area contributed by atoms with E-state index in [1.54, 1.807) is 36.4 Å². The third kappa shape index (κ3) is 7.19. The average molecular weight is 611 g/mol. The number of carbonyl (C=O) groups is 1. The topological polar surface area (TPSA) is 104 Å². The molecule has 8 nitrogen and oxygen atoms in total. The minimum atomic E-state index is -4.04. The molecule has 0 radical (unpaired) electrons. The van der Waals surface area contributed by atoms with Gasteiger partial charge in [-0.1, -0.05) is 59.1 Å². The number of sulfonamides is 2. The Morgan fingerprint density at radius 2 is 1.51 bits per heavy atom. The fourth-order valence-corrected chi connectivity index (χ4v) is 7.56. The standard InChI is InChI=1S/C27H29Cl2N3O5S2/c1-20-4-10-24(11-5-20)39(36,37)32(18-22-8-9-23(28)16-26(22)29)19-27(33)30-17-21-6-12-25(13-7-21)38(34,35)31-14-2-3-15-31/h4-13,16H,2-3,14-15,17-19H2,1H3,(H,30,33). The van der Waals surface area contributed by atoms with Crippen molar-refractivity contribution in [3.8, 4) is 0 Å². The Kier molecular flexibility index (Phi) is 9.36. The third-order valence-corrected chi connectivity index (χ3v) is 10.8. The van der Waals surface area contributed by atoms with Crippen molar-refractivity contribution >= 4 is 49.2 Å². The number of benzene rings is 3. The molecule has 0 spiro atoms. The van der Waals surface area contributed by atoms with E-state index in [-0.39, 0.29) is 27.9 Å². The summed E-state index contributed by atoms with van der Waals surface area (Å²) in [6, 6.07) is 17.4. The van der Waals surface area contributed by atoms with Crippen LogP contribution < -0.4 is 5.32 Å². The fourth-order valence-electron chi connectivity index (χ4n) is 4.20. The van der Waals surface area contributed by atoms with E-state index in [9.17, 15) is 21.6 Å². The summed E-state index contributed by atoms with van der Waals surface area (Å²) in [5.74, 6) is -0.524. The van der Waals surface area contributed by atoms with Gasteiger partial charge in [-0.05, 0) is 67.3 Å². The van der Waals surface area contributed by atoms with Crippen LogP contribution in [-0.2, 0) is 37.9 Å². The van der Waals surface area contributed by atoms with E-state index < -0.39 is 32.5 Å². The summed E-state index contributed by atoms with van der Waals surface area (Å²) < 4.78 is 55.0. The predicted molar refractivity (Wildman–Crippen MR) is 152 cm³/mol. The van der Waals surface area contributed by atoms with Crippen molar-refractivity contribution in [2.24, 2.45) is 0 Å². The monoisotopic (exact) mass is 609 g/mol. The first-order chi connectivity index (χ1) is 18.5. The molecule has 0 atom stereocenters. The van der Waals surface area contributed by atoms with Gasteiger partial charge in [0.25, 0.3) is 0 Å². The van der Waals surface area contributed by atoms with Gasteiger partial charge >= 0.3 is 0 Å². The molecule has 1 heterocycles. The SMILES string of the molecule is Cc1ccc(S(=O)(=O)N(CC(=O)NCc2ccc(S(=O)(=O)N3CCCC3)cc2)Cc2ccc(Cl)cc2Cl)cc1. The highest BCUT2D eigenvalue weighted by atomic mass is 35.5. The van der Waals surface area contributed by atoms with Crippen molar-refractivity contribution in [3.63, 3.8) is 0 Å². The van der Waals surface area contributed by atoms with Crippen LogP contribution in [0.5, 0.6) is 0 Å². The second kappa shape index (κ2) is 12.4. The molecule has 1 aliphatic heterocycles. The predicted octanol–water partition coefficient (Wildman–Crippen LogP) is 4.59. The molecular weight excluding hydrogens is 581 g/mol. The molecule has 1 amide bonds. The van der Waals surface area contributed by atoms with Gasteiger partial charge in [0.05, 0.1) is 16.3 Å². The summed E-state index contributed by atoms with van der Waals surface area (Å²) in [5.41, 5.74) is 2.08. The van der Waals surface area contributed by atoms with Gasteiger partial charge < -0.3 is 5.32 Å². The molecular formula is C27H29Cl2N3O5S2. The lowest BCUT2D eigenvalue weighted by molar-refractivity contribution is -0.121. The van der Waals surface area contributed by atoms with Gasteiger partial charge in [0.2, 0.25) is 26.0 Å². The highest BCUT2D eigenvalue weighted by molar-refractivity contribution is 7.89. The van der Waals surface area contributed by atoms with Gasteiger partial charge in [-0.15, -0.1) is 0 Å². The molecule has 1 N–H and O–H groups in total. The summed E-state index contributed by atoms with van der Waals surface area (Å²) in [5, 5.41) is 3.42. The van der Waals surface area contributed by atoms with Crippen LogP contribution >= 0.6 is 23.2 Å². The minimum Gasteiger partial charge on any atom is -0.351 e. The molecule has 0 unspecified atom stereocenters. The van der Waals surface area contributed by atoms with Crippen LogP contribution in [0.3, 0.4) is 0 Å². The van der Waals surface area contributed by atoms with E-state index in [1.165, 1.54) is 34.6 Å². The molecule has 208 valence electrons. The first-order valence-electron chi connectivity index (χ1n) is 12.3. The molecule has 3 aromatic carbocycles. The number of amides is 1. The average Bonchev–Trinajstić information content (AvgIpc) is 3.45. The molecule has 39 heavy (non-hydrogen) atoms. The largest absolute Gasteiger partial charge is 0.351 e. The number of aryl methyl sites for hydroxylation is 1. The molecule has 0 aliphatic carbocycles. The third-order valence-electron chi connectivity index (χ3n) is 6.46. The lowest BCUT2D eigenvalue weighted by Crippen LogP contribution is -2.40. The van der Waals surface area contributed by atoms with E-state index >= 15 is 0 Å². The quantitative estimate of drug-likeness (QED) is 0.362. The number of halogens is 2. The molecule has 0 saturated carbocycles. The van der Waals surface area contributed by atoms with Crippen LogP contribution in [0.1, 0.15) is 29.5 Å². The Balaban J connectivity index is 1.47. The van der Waals surface area contributed by atoms with Gasteiger partial charge in [-0.3, -0.25) is 4.79 Å². The maximum Gasteiger partial charge on any atom is 0.243 e. The number of nitrogens with one attached hydrogen (secondary N) is 1. The number of hydrogen-bond donors (Lipinski definition) is 1. The van der Waals surface area contributed by atoms with E-state index in [0.29, 0.717) is 29.2 Å². The van der Waals surface area contributed by atoms with Crippen molar-refractivity contribution in [2.45, 2.75) is 42.6 Å². The molecule has 3 aromatic rings. The van der Waals surface area contributed by atoms with E-state index in [4.69, 9.17) is 23.2 Å². The van der Waals surface area contributed by atoms with Crippen LogP contribution in [-0.4, -0.2) is 51.0 Å². The molecule has 0 aromatic heterocycles. The maximum absolute atomic E-state index is 13.5. The second-order valence-electron chi connectivity index (χ2n) is 9.35. The maximum atomic E-state index is 13.5. The van der Waals surface area contributed by atoms with Crippen LogP contribution in [0.2, 0.25) is 10.0 Å². The second-order valence-corrected chi connectivity index (χ2v) is 14.1. The van der Waals surface area contributed by atoms with Gasteiger partial charge in [0.15, 0.2) is 0 Å². The van der Waals surface area contributed by atoms with Crippen molar-refractivity contribution in [3.05, 3.63) is 93.5 Å². The summed E-state index contributed by atoms with van der Waals surface area (Å²) in [6.45, 7) is 2.40. The smallest absolute Gasteiger partial charge is 0.243 e. The number of hydrogen-bond acceptors (Lipinski definition) is 5. The molecule has 4 rings (SSSR count). The zero-order valence-corrected chi connectivity index (χ0v) is 24.5. The first-order valence-corrected chi connectivity index (χ1v) is 16.0. The summed E-state index contributed by atoms with van der Waals surface area (Å²) in [6.07, 6.45) is 1.70. The Labute approximate surface area is 239 Å². The highest BCUT2D eigenvalue weighted by Crippen LogP contribution is 2.26. The summed E-state index contributed by atoms with van der Waals surface area (Å²) in [4.78, 5) is 13.2. The van der Waals surface area contributed by atoms with Crippen molar-refractivity contribution in [1.82, 2.24) is 13.9 Å². The van der Waals surface area contributed by atoms with Crippen LogP contribution in [0, 0.1) is 6.92 Å². The summed E-state index contributed by atoms with van der Waals surface area (Å²) >= 11 is 12.3. The zero-order chi connectivity index (χ0) is 28.2. The van der Waals surface area contributed by atoms with Crippen LogP contribution in [0.4, 0.5) is 0 Å². The molecule has 0 bridgehead atoms. The normalized spacial score (nSPS) is 14.6. The van der Waals surface area contributed by atoms with E-state index in [0.717, 1.165) is 22.7 Å². The zero-order valence-electron chi connectivity index (χ0n) is 21.3. The van der Waals surface area contributed by atoms with Crippen LogP contribution in [0.15, 0.2) is 76.5 Å². The van der Waals surface area contributed by atoms with E-state index in [1.807, 2.05) is 6.92 Å². The van der Waals surface area contributed by atoms with Gasteiger partial charge in [0, 0.05) is 36.2 Å². The van der Waals surface area contributed by atoms with Crippen molar-refractivity contribution < 1.29 is 21.6 Å². The number of carbonyl (C=O) groups excluding carboxylic acids is 1. The Morgan fingerprint density at radius 3 is 2.13 bits per heavy atom. The highest BCUT2D eigenvalue weighted by Gasteiger charge is 2.28. The Morgan fingerprint density at radius 1 is 0.897 bits per heavy atom. The van der Waals surface area contributed by atoms with Crippen LogP contribution in [0.25, 0.3) is 0 Å². The van der Waals surface area contributed by atoms with Gasteiger partial charge in [-0.2, -0.15) is 8.61 Å². The minimum absolute atomic E-state index is 0.0563. The van der Waals surface area contributed by atoms with Crippen molar-refractivity contribution in [1.29, 1.82) is 0 Å². The van der Waals surface area contributed by atoms with E-state index in [2.05, 4.69) is 5.32 Å². The fraction of sp³-hybridized carbons (Fsp3) is 0.296. The lowest BCUT2D eigenvalue weighted by atomic mass is 10.2. The molecule has 1 saturated heterocycles. The van der Waals surface area contributed by atoms with Gasteiger partial charge in [-0.25, -0.2) is 16.8 Å². The Hall–Kier alpha value is -2.47. The number of nitrogens with zero attached hydrogens (tertiary/aromatic N) is 2. The summed E-state index contributed by atoms with van der Waals surface area (Å²) in [7, 11) is -7.57. The molecule has 1 fully saturated rings. The van der Waals surface area contributed by atoms with Crippen molar-refractivity contribution in [2.75, 3.05) is 19.6 Å². The number of rotatable bonds is 10. The Bertz CT molecular complexity index is 1540. The lowest BCUT2D eigenvalue weighted by Gasteiger charge is -2.23. The molecule has 12 heteroatoms. The van der Waals surface area contributed by atoms with Gasteiger partial charge in [0.1, 0.15) is 0 Å². The first kappa shape index (κ1) is 29.5.